The van der Waals surface area contributed by atoms with Crippen molar-refractivity contribution in [3.63, 3.8) is 0 Å². The lowest BCUT2D eigenvalue weighted by molar-refractivity contribution is 0.291. The summed E-state index contributed by atoms with van der Waals surface area (Å²) in [6.07, 6.45) is 2.06. The van der Waals surface area contributed by atoms with E-state index in [-0.39, 0.29) is 18.3 Å². The minimum absolute atomic E-state index is 0.0121. The molecule has 22 heavy (non-hydrogen) atoms. The molecular formula is C14H25N3O3S2. The minimum atomic E-state index is -3.90. The molecule has 0 heterocycles. The Bertz CT molecular complexity index is 679. The van der Waals surface area contributed by atoms with Crippen LogP contribution in [0.2, 0.25) is 0 Å². The summed E-state index contributed by atoms with van der Waals surface area (Å²) in [5, 5.41) is 0. The fourth-order valence-corrected chi connectivity index (χ4v) is 4.51. The summed E-state index contributed by atoms with van der Waals surface area (Å²) in [5.74, 6) is 0.203. The van der Waals surface area contributed by atoms with Gasteiger partial charge < -0.3 is 4.90 Å². The molecule has 0 saturated heterocycles. The lowest BCUT2D eigenvalue weighted by Gasteiger charge is -2.24. The van der Waals surface area contributed by atoms with Crippen molar-refractivity contribution >= 4 is 19.9 Å². The third kappa shape index (κ3) is 6.87. The van der Waals surface area contributed by atoms with Gasteiger partial charge in [0.25, 0.3) is 0 Å². The molecule has 2 unspecified atom stereocenters. The summed E-state index contributed by atoms with van der Waals surface area (Å²) in [6, 6.07) is 9.85. The van der Waals surface area contributed by atoms with Crippen molar-refractivity contribution in [3.8, 4) is 0 Å². The first-order chi connectivity index (χ1) is 10.2. The number of likely N-dealkylation sites (N-methyl/N-ethyl adjacent to an activating group) is 1. The number of benzene rings is 1. The largest absolute Gasteiger partial charge is 0.327 e. The molecule has 8 heteroatoms. The zero-order chi connectivity index (χ0) is 16.8. The maximum atomic E-state index is 11.9. The van der Waals surface area contributed by atoms with E-state index in [1.54, 1.807) is 6.92 Å². The van der Waals surface area contributed by atoms with Crippen LogP contribution in [0, 0.1) is 0 Å². The van der Waals surface area contributed by atoms with Crippen molar-refractivity contribution < 1.29 is 12.6 Å². The highest BCUT2D eigenvalue weighted by Crippen LogP contribution is 2.07. The first-order valence-electron chi connectivity index (χ1n) is 7.06. The van der Waals surface area contributed by atoms with Crippen LogP contribution in [-0.2, 0) is 26.4 Å². The molecule has 1 aromatic rings. The van der Waals surface area contributed by atoms with Crippen molar-refractivity contribution in [2.75, 3.05) is 32.6 Å². The van der Waals surface area contributed by atoms with Gasteiger partial charge in [-0.05, 0) is 26.1 Å². The Hall–Kier alpha value is -0.960. The lowest BCUT2D eigenvalue weighted by atomic mass is 10.1. The minimum Gasteiger partial charge on any atom is -0.305 e. The molecule has 1 rings (SSSR count). The van der Waals surface area contributed by atoms with Gasteiger partial charge in [-0.3, -0.25) is 0 Å². The van der Waals surface area contributed by atoms with Crippen LogP contribution < -0.4 is 4.72 Å². The standard InChI is InChI=1S/C14H25N3O3S2/c1-5-21(4,18)16-22(19,20)15-12-14(17(2)3)11-13-9-7-6-8-10-13/h6-10,14-15H,5,11-12H2,1-4H3. The van der Waals surface area contributed by atoms with Gasteiger partial charge in [-0.15, -0.1) is 0 Å². The molecule has 0 aliphatic heterocycles. The molecular weight excluding hydrogens is 322 g/mol. The van der Waals surface area contributed by atoms with Crippen molar-refractivity contribution in [2.45, 2.75) is 19.4 Å². The van der Waals surface area contributed by atoms with Crippen LogP contribution in [0.1, 0.15) is 12.5 Å². The van der Waals surface area contributed by atoms with E-state index in [2.05, 4.69) is 8.49 Å². The summed E-state index contributed by atoms with van der Waals surface area (Å²) in [4.78, 5) is 1.96. The molecule has 0 fully saturated rings. The van der Waals surface area contributed by atoms with E-state index in [1.807, 2.05) is 49.3 Å². The molecule has 0 aliphatic rings. The number of nitrogens with zero attached hydrogens (tertiary/aromatic N) is 2. The number of hydrogen-bond acceptors (Lipinski definition) is 4. The van der Waals surface area contributed by atoms with Gasteiger partial charge in [0.15, 0.2) is 0 Å². The third-order valence-corrected chi connectivity index (χ3v) is 6.99. The Morgan fingerprint density at radius 2 is 1.77 bits per heavy atom. The normalized spacial score (nSPS) is 16.2. The van der Waals surface area contributed by atoms with E-state index in [0.29, 0.717) is 6.42 Å². The molecule has 0 spiro atoms. The van der Waals surface area contributed by atoms with E-state index in [1.165, 1.54) is 6.26 Å². The molecule has 0 radical (unpaired) electrons. The SMILES string of the molecule is CCS(C)(=O)=NS(=O)(=O)NCC(Cc1ccccc1)N(C)C. The van der Waals surface area contributed by atoms with Crippen molar-refractivity contribution in [1.82, 2.24) is 9.62 Å². The van der Waals surface area contributed by atoms with Crippen LogP contribution in [0.15, 0.2) is 34.1 Å². The molecule has 2 atom stereocenters. The monoisotopic (exact) mass is 347 g/mol. The van der Waals surface area contributed by atoms with Crippen molar-refractivity contribution in [3.05, 3.63) is 35.9 Å². The Balaban J connectivity index is 2.77. The molecule has 1 N–H and O–H groups in total. The summed E-state index contributed by atoms with van der Waals surface area (Å²) < 4.78 is 41.6. The fraction of sp³-hybridized carbons (Fsp3) is 0.571. The van der Waals surface area contributed by atoms with Gasteiger partial charge >= 0.3 is 10.2 Å². The second-order valence-corrected chi connectivity index (χ2v) is 9.78. The van der Waals surface area contributed by atoms with Crippen LogP contribution in [-0.4, -0.2) is 56.2 Å². The molecule has 0 bridgehead atoms. The predicted molar refractivity (Wildman–Crippen MR) is 91.6 cm³/mol. The van der Waals surface area contributed by atoms with Gasteiger partial charge in [0.2, 0.25) is 0 Å². The highest BCUT2D eigenvalue weighted by molar-refractivity contribution is 8.02. The number of rotatable bonds is 8. The molecule has 0 saturated carbocycles. The van der Waals surface area contributed by atoms with Crippen LogP contribution in [0.5, 0.6) is 0 Å². The van der Waals surface area contributed by atoms with Crippen LogP contribution >= 0.6 is 0 Å². The Morgan fingerprint density at radius 1 is 1.18 bits per heavy atom. The van der Waals surface area contributed by atoms with Gasteiger partial charge in [-0.25, -0.2) is 4.21 Å². The second-order valence-electron chi connectivity index (χ2n) is 5.45. The van der Waals surface area contributed by atoms with E-state index >= 15 is 0 Å². The quantitative estimate of drug-likeness (QED) is 0.764. The van der Waals surface area contributed by atoms with Gasteiger partial charge in [-0.2, -0.15) is 13.1 Å². The Kier molecular flexibility index (Phi) is 6.98. The highest BCUT2D eigenvalue weighted by atomic mass is 32.3. The Labute approximate surface area is 134 Å². The predicted octanol–water partition coefficient (Wildman–Crippen LogP) is 1.11. The molecule has 0 aliphatic carbocycles. The van der Waals surface area contributed by atoms with Crippen LogP contribution in [0.4, 0.5) is 0 Å². The first kappa shape index (κ1) is 19.1. The van der Waals surface area contributed by atoms with Gasteiger partial charge in [0.05, 0.1) is 9.73 Å². The molecule has 0 amide bonds. The summed E-state index contributed by atoms with van der Waals surface area (Å²) in [6.45, 7) is 1.87. The lowest BCUT2D eigenvalue weighted by Crippen LogP contribution is -2.41. The smallest absolute Gasteiger partial charge is 0.305 e. The molecule has 1 aromatic carbocycles. The summed E-state index contributed by atoms with van der Waals surface area (Å²) >= 11 is 0. The van der Waals surface area contributed by atoms with Gasteiger partial charge in [0, 0.05) is 24.6 Å². The topological polar surface area (TPSA) is 78.8 Å². The van der Waals surface area contributed by atoms with E-state index in [9.17, 15) is 12.6 Å². The van der Waals surface area contributed by atoms with Crippen LogP contribution in [0.3, 0.4) is 0 Å². The highest BCUT2D eigenvalue weighted by Gasteiger charge is 2.17. The molecule has 6 nitrogen and oxygen atoms in total. The third-order valence-electron chi connectivity index (χ3n) is 3.34. The van der Waals surface area contributed by atoms with Gasteiger partial charge in [-0.1, -0.05) is 41.0 Å². The molecule has 0 aromatic heterocycles. The maximum Gasteiger partial charge on any atom is 0.327 e. The van der Waals surface area contributed by atoms with Gasteiger partial charge in [0.1, 0.15) is 0 Å². The summed E-state index contributed by atoms with van der Waals surface area (Å²) in [7, 11) is -2.80. The molecule has 126 valence electrons. The summed E-state index contributed by atoms with van der Waals surface area (Å²) in [5.41, 5.74) is 1.13. The second kappa shape index (κ2) is 8.05. The maximum absolute atomic E-state index is 11.9. The Morgan fingerprint density at radius 3 is 2.27 bits per heavy atom. The van der Waals surface area contributed by atoms with Crippen LogP contribution in [0.25, 0.3) is 0 Å². The fourth-order valence-electron chi connectivity index (χ4n) is 1.81. The number of nitrogens with one attached hydrogen (secondary N) is 1. The average molecular weight is 348 g/mol. The van der Waals surface area contributed by atoms with Crippen molar-refractivity contribution in [1.29, 1.82) is 0 Å². The number of hydrogen-bond donors (Lipinski definition) is 1. The zero-order valence-corrected chi connectivity index (χ0v) is 15.2. The van der Waals surface area contributed by atoms with Crippen molar-refractivity contribution in [2.24, 2.45) is 3.77 Å². The first-order valence-corrected chi connectivity index (χ1v) is 10.6. The zero-order valence-electron chi connectivity index (χ0n) is 13.5. The van der Waals surface area contributed by atoms with E-state index in [0.717, 1.165) is 5.56 Å². The average Bonchev–Trinajstić information content (AvgIpc) is 2.43. The van der Waals surface area contributed by atoms with E-state index < -0.39 is 19.9 Å². The van der Waals surface area contributed by atoms with E-state index in [4.69, 9.17) is 0 Å².